The van der Waals surface area contributed by atoms with Gasteiger partial charge in [0.1, 0.15) is 5.75 Å². The number of carbonyl (C=O) groups is 2. The SMILES string of the molecule is CCCCN(Cc1ccccc1Cl)C(=O)Oc1cccc(NC(=O)CC)c1. The number of nitrogens with one attached hydrogen (secondary N) is 1. The lowest BCUT2D eigenvalue weighted by Crippen LogP contribution is -2.34. The van der Waals surface area contributed by atoms with Crippen molar-refractivity contribution in [1.82, 2.24) is 4.90 Å². The monoisotopic (exact) mass is 388 g/mol. The van der Waals surface area contributed by atoms with Crippen LogP contribution in [-0.2, 0) is 11.3 Å². The third-order valence-electron chi connectivity index (χ3n) is 4.00. The summed E-state index contributed by atoms with van der Waals surface area (Å²) in [7, 11) is 0. The molecule has 5 nitrogen and oxygen atoms in total. The van der Waals surface area contributed by atoms with Crippen LogP contribution < -0.4 is 10.1 Å². The van der Waals surface area contributed by atoms with E-state index >= 15 is 0 Å². The van der Waals surface area contributed by atoms with Crippen LogP contribution >= 0.6 is 11.6 Å². The van der Waals surface area contributed by atoms with Crippen molar-refractivity contribution in [2.75, 3.05) is 11.9 Å². The lowest BCUT2D eigenvalue weighted by atomic mass is 10.2. The highest BCUT2D eigenvalue weighted by molar-refractivity contribution is 6.31. The Morgan fingerprint density at radius 1 is 1.11 bits per heavy atom. The molecule has 0 aliphatic carbocycles. The summed E-state index contributed by atoms with van der Waals surface area (Å²) in [5, 5.41) is 3.38. The van der Waals surface area contributed by atoms with Gasteiger partial charge in [-0.05, 0) is 30.2 Å². The highest BCUT2D eigenvalue weighted by Gasteiger charge is 2.17. The molecule has 0 unspecified atom stereocenters. The van der Waals surface area contributed by atoms with Crippen molar-refractivity contribution in [3.05, 3.63) is 59.1 Å². The maximum absolute atomic E-state index is 12.7. The first-order valence-corrected chi connectivity index (χ1v) is 9.51. The highest BCUT2D eigenvalue weighted by Crippen LogP contribution is 2.21. The molecule has 2 aromatic rings. The lowest BCUT2D eigenvalue weighted by Gasteiger charge is -2.22. The van der Waals surface area contributed by atoms with Crippen LogP contribution in [-0.4, -0.2) is 23.4 Å². The van der Waals surface area contributed by atoms with E-state index in [0.29, 0.717) is 36.0 Å². The van der Waals surface area contributed by atoms with E-state index in [4.69, 9.17) is 16.3 Å². The second-order valence-electron chi connectivity index (χ2n) is 6.16. The normalized spacial score (nSPS) is 10.3. The quantitative estimate of drug-likeness (QED) is 0.650. The average molecular weight is 389 g/mol. The Morgan fingerprint density at radius 3 is 2.59 bits per heavy atom. The van der Waals surface area contributed by atoms with E-state index < -0.39 is 6.09 Å². The predicted molar refractivity (Wildman–Crippen MR) is 108 cm³/mol. The molecule has 0 fully saturated rings. The van der Waals surface area contributed by atoms with Crippen LogP contribution in [0.1, 0.15) is 38.7 Å². The molecular weight excluding hydrogens is 364 g/mol. The van der Waals surface area contributed by atoms with Gasteiger partial charge in [0.2, 0.25) is 5.91 Å². The Bertz CT molecular complexity index is 780. The van der Waals surface area contributed by atoms with Crippen molar-refractivity contribution in [3.8, 4) is 5.75 Å². The fourth-order valence-electron chi connectivity index (χ4n) is 2.47. The topological polar surface area (TPSA) is 58.6 Å². The van der Waals surface area contributed by atoms with E-state index in [1.807, 2.05) is 18.2 Å². The molecule has 1 N–H and O–H groups in total. The number of ether oxygens (including phenoxy) is 1. The zero-order valence-electron chi connectivity index (χ0n) is 15.7. The summed E-state index contributed by atoms with van der Waals surface area (Å²) in [5.74, 6) is 0.288. The van der Waals surface area contributed by atoms with E-state index in [-0.39, 0.29) is 5.91 Å². The highest BCUT2D eigenvalue weighted by atomic mass is 35.5. The number of rotatable bonds is 8. The Labute approximate surface area is 165 Å². The molecule has 0 radical (unpaired) electrons. The van der Waals surface area contributed by atoms with E-state index in [1.54, 1.807) is 42.2 Å². The van der Waals surface area contributed by atoms with E-state index in [0.717, 1.165) is 18.4 Å². The molecular formula is C21H25ClN2O3. The summed E-state index contributed by atoms with van der Waals surface area (Å²) >= 11 is 6.23. The van der Waals surface area contributed by atoms with Gasteiger partial charge in [-0.25, -0.2) is 4.79 Å². The molecule has 0 aromatic heterocycles. The second kappa shape index (κ2) is 10.6. The minimum Gasteiger partial charge on any atom is -0.410 e. The van der Waals surface area contributed by atoms with Crippen LogP contribution in [0.3, 0.4) is 0 Å². The van der Waals surface area contributed by atoms with Gasteiger partial charge >= 0.3 is 6.09 Å². The first-order chi connectivity index (χ1) is 13.0. The maximum atomic E-state index is 12.7. The smallest absolute Gasteiger partial charge is 0.410 e. The molecule has 0 saturated carbocycles. The number of halogens is 1. The third-order valence-corrected chi connectivity index (χ3v) is 4.37. The fourth-order valence-corrected chi connectivity index (χ4v) is 2.66. The summed E-state index contributed by atoms with van der Waals surface area (Å²) in [4.78, 5) is 25.9. The molecule has 2 aromatic carbocycles. The maximum Gasteiger partial charge on any atom is 0.415 e. The van der Waals surface area contributed by atoms with Gasteiger partial charge in [-0.2, -0.15) is 0 Å². The number of benzene rings is 2. The van der Waals surface area contributed by atoms with Crippen molar-refractivity contribution < 1.29 is 14.3 Å². The van der Waals surface area contributed by atoms with Crippen molar-refractivity contribution in [3.63, 3.8) is 0 Å². The molecule has 0 aliphatic heterocycles. The summed E-state index contributed by atoms with van der Waals surface area (Å²) in [5.41, 5.74) is 1.47. The number of hydrogen-bond donors (Lipinski definition) is 1. The Morgan fingerprint density at radius 2 is 1.89 bits per heavy atom. The fraction of sp³-hybridized carbons (Fsp3) is 0.333. The van der Waals surface area contributed by atoms with Crippen LogP contribution in [0.15, 0.2) is 48.5 Å². The van der Waals surface area contributed by atoms with Gasteiger partial charge in [-0.15, -0.1) is 0 Å². The van der Waals surface area contributed by atoms with E-state index in [2.05, 4.69) is 12.2 Å². The number of nitrogens with zero attached hydrogens (tertiary/aromatic N) is 1. The van der Waals surface area contributed by atoms with Gasteiger partial charge in [-0.1, -0.05) is 56.1 Å². The van der Waals surface area contributed by atoms with Crippen molar-refractivity contribution in [2.45, 2.75) is 39.7 Å². The molecule has 6 heteroatoms. The van der Waals surface area contributed by atoms with Crippen molar-refractivity contribution in [1.29, 1.82) is 0 Å². The number of anilines is 1. The summed E-state index contributed by atoms with van der Waals surface area (Å²) in [6.45, 7) is 4.80. The van der Waals surface area contributed by atoms with Crippen molar-refractivity contribution in [2.24, 2.45) is 0 Å². The molecule has 2 rings (SSSR count). The molecule has 0 bridgehead atoms. The summed E-state index contributed by atoms with van der Waals surface area (Å²) in [6, 6.07) is 14.3. The molecule has 0 saturated heterocycles. The number of unbranched alkanes of at least 4 members (excludes halogenated alkanes) is 1. The third kappa shape index (κ3) is 6.61. The van der Waals surface area contributed by atoms with Crippen LogP contribution in [0.25, 0.3) is 0 Å². The first kappa shape index (κ1) is 20.8. The lowest BCUT2D eigenvalue weighted by molar-refractivity contribution is -0.115. The number of carbonyl (C=O) groups excluding carboxylic acids is 2. The predicted octanol–water partition coefficient (Wildman–Crippen LogP) is 5.49. The van der Waals surface area contributed by atoms with Gasteiger partial charge in [-0.3, -0.25) is 4.79 Å². The number of hydrogen-bond acceptors (Lipinski definition) is 3. The van der Waals surface area contributed by atoms with Gasteiger partial charge < -0.3 is 15.0 Å². The van der Waals surface area contributed by atoms with Gasteiger partial charge in [0.05, 0.1) is 6.54 Å². The van der Waals surface area contributed by atoms with Gasteiger partial charge in [0.25, 0.3) is 0 Å². The Kier molecular flexibility index (Phi) is 8.14. The molecule has 144 valence electrons. The molecule has 0 aliphatic rings. The average Bonchev–Trinajstić information content (AvgIpc) is 2.66. The zero-order valence-corrected chi connectivity index (χ0v) is 16.5. The first-order valence-electron chi connectivity index (χ1n) is 9.13. The molecule has 27 heavy (non-hydrogen) atoms. The van der Waals surface area contributed by atoms with Crippen molar-refractivity contribution >= 4 is 29.3 Å². The van der Waals surface area contributed by atoms with Crippen LogP contribution in [0.5, 0.6) is 5.75 Å². The van der Waals surface area contributed by atoms with Crippen LogP contribution in [0.4, 0.5) is 10.5 Å². The van der Waals surface area contributed by atoms with Crippen LogP contribution in [0, 0.1) is 0 Å². The van der Waals surface area contributed by atoms with Gasteiger partial charge in [0, 0.05) is 29.7 Å². The minimum absolute atomic E-state index is 0.0956. The molecule has 0 atom stereocenters. The summed E-state index contributed by atoms with van der Waals surface area (Å²) in [6.07, 6.45) is 1.77. The van der Waals surface area contributed by atoms with Crippen LogP contribution in [0.2, 0.25) is 5.02 Å². The molecule has 0 spiro atoms. The van der Waals surface area contributed by atoms with Gasteiger partial charge in [0.15, 0.2) is 0 Å². The summed E-state index contributed by atoms with van der Waals surface area (Å²) < 4.78 is 5.53. The Hall–Kier alpha value is -2.53. The number of amides is 2. The standard InChI is InChI=1S/C21H25ClN2O3/c1-3-5-13-24(15-16-9-6-7-12-19(16)22)21(26)27-18-11-8-10-17(14-18)23-20(25)4-2/h6-12,14H,3-5,13,15H2,1-2H3,(H,23,25). The molecule has 0 heterocycles. The molecule has 2 amide bonds. The Balaban J connectivity index is 2.10. The minimum atomic E-state index is -0.442. The zero-order chi connectivity index (χ0) is 19.6. The largest absolute Gasteiger partial charge is 0.415 e. The second-order valence-corrected chi connectivity index (χ2v) is 6.57. The van der Waals surface area contributed by atoms with E-state index in [1.165, 1.54) is 0 Å². The van der Waals surface area contributed by atoms with E-state index in [9.17, 15) is 9.59 Å².